The standard InChI is InChI=1S/C11H10BrFN4O2/c1-6-14-11(17-16-6)15-10(18)5-19-9-3-2-7(12)4-8(9)13/h2-4H,5H2,1H3,(H2,14,15,16,17,18). The number of carbonyl (C=O) groups excluding carboxylic acids is 1. The lowest BCUT2D eigenvalue weighted by Gasteiger charge is -2.06. The van der Waals surface area contributed by atoms with E-state index in [-0.39, 0.29) is 18.3 Å². The molecule has 0 saturated carbocycles. The molecule has 8 heteroatoms. The first-order chi connectivity index (χ1) is 9.04. The van der Waals surface area contributed by atoms with Gasteiger partial charge >= 0.3 is 0 Å². The van der Waals surface area contributed by atoms with Gasteiger partial charge in [0.2, 0.25) is 5.95 Å². The van der Waals surface area contributed by atoms with E-state index in [0.29, 0.717) is 10.3 Å². The van der Waals surface area contributed by atoms with E-state index in [2.05, 4.69) is 36.4 Å². The number of nitrogens with one attached hydrogen (secondary N) is 2. The highest BCUT2D eigenvalue weighted by atomic mass is 79.9. The van der Waals surface area contributed by atoms with Crippen molar-refractivity contribution in [3.05, 3.63) is 34.3 Å². The van der Waals surface area contributed by atoms with Gasteiger partial charge in [-0.1, -0.05) is 15.9 Å². The van der Waals surface area contributed by atoms with Crippen LogP contribution in [0.1, 0.15) is 5.82 Å². The summed E-state index contributed by atoms with van der Waals surface area (Å²) in [6, 6.07) is 4.31. The maximum absolute atomic E-state index is 13.4. The van der Waals surface area contributed by atoms with Crippen molar-refractivity contribution in [1.82, 2.24) is 15.2 Å². The van der Waals surface area contributed by atoms with Crippen LogP contribution >= 0.6 is 15.9 Å². The normalized spacial score (nSPS) is 10.3. The first-order valence-corrected chi connectivity index (χ1v) is 6.10. The Hall–Kier alpha value is -1.96. The third-order valence-corrected chi connectivity index (χ3v) is 2.59. The van der Waals surface area contributed by atoms with Gasteiger partial charge in [0.25, 0.3) is 5.91 Å². The predicted octanol–water partition coefficient (Wildman–Crippen LogP) is 2.03. The second kappa shape index (κ2) is 5.79. The first kappa shape index (κ1) is 13.5. The van der Waals surface area contributed by atoms with E-state index < -0.39 is 11.7 Å². The molecule has 0 aliphatic carbocycles. The van der Waals surface area contributed by atoms with Gasteiger partial charge in [0.15, 0.2) is 18.2 Å². The molecule has 0 aliphatic heterocycles. The molecule has 0 unspecified atom stereocenters. The summed E-state index contributed by atoms with van der Waals surface area (Å²) in [7, 11) is 0. The van der Waals surface area contributed by atoms with Crippen molar-refractivity contribution in [2.24, 2.45) is 0 Å². The Kier molecular flexibility index (Phi) is 4.10. The van der Waals surface area contributed by atoms with Gasteiger partial charge in [-0.2, -0.15) is 4.98 Å². The minimum atomic E-state index is -0.545. The van der Waals surface area contributed by atoms with Crippen LogP contribution in [-0.4, -0.2) is 27.7 Å². The summed E-state index contributed by atoms with van der Waals surface area (Å²) >= 11 is 3.13. The van der Waals surface area contributed by atoms with Crippen molar-refractivity contribution in [2.45, 2.75) is 6.92 Å². The maximum Gasteiger partial charge on any atom is 0.264 e. The van der Waals surface area contributed by atoms with Crippen LogP contribution in [-0.2, 0) is 4.79 Å². The molecule has 0 radical (unpaired) electrons. The molecule has 1 amide bonds. The van der Waals surface area contributed by atoms with E-state index in [1.165, 1.54) is 12.1 Å². The fourth-order valence-electron chi connectivity index (χ4n) is 1.29. The highest BCUT2D eigenvalue weighted by molar-refractivity contribution is 9.10. The van der Waals surface area contributed by atoms with Gasteiger partial charge in [0.05, 0.1) is 0 Å². The van der Waals surface area contributed by atoms with E-state index in [9.17, 15) is 9.18 Å². The number of H-pyrrole nitrogens is 1. The third-order valence-electron chi connectivity index (χ3n) is 2.10. The number of aromatic amines is 1. The van der Waals surface area contributed by atoms with E-state index in [1.807, 2.05) is 0 Å². The SMILES string of the molecule is Cc1nc(NC(=O)COc2ccc(Br)cc2F)n[nH]1. The molecular formula is C11H10BrFN4O2. The largest absolute Gasteiger partial charge is 0.481 e. The number of nitrogens with zero attached hydrogens (tertiary/aromatic N) is 2. The molecule has 100 valence electrons. The molecule has 0 aliphatic rings. The predicted molar refractivity (Wildman–Crippen MR) is 69.3 cm³/mol. The van der Waals surface area contributed by atoms with Crippen LogP contribution in [0.4, 0.5) is 10.3 Å². The Labute approximate surface area is 116 Å². The topological polar surface area (TPSA) is 79.9 Å². The van der Waals surface area contributed by atoms with Crippen molar-refractivity contribution in [3.63, 3.8) is 0 Å². The smallest absolute Gasteiger partial charge is 0.264 e. The average Bonchev–Trinajstić information content (AvgIpc) is 2.73. The van der Waals surface area contributed by atoms with Crippen LogP contribution in [0.15, 0.2) is 22.7 Å². The van der Waals surface area contributed by atoms with Crippen LogP contribution < -0.4 is 10.1 Å². The van der Waals surface area contributed by atoms with E-state index in [0.717, 1.165) is 0 Å². The third kappa shape index (κ3) is 3.75. The fourth-order valence-corrected chi connectivity index (χ4v) is 1.63. The Morgan fingerprint density at radius 1 is 1.58 bits per heavy atom. The van der Waals surface area contributed by atoms with Gasteiger partial charge in [0.1, 0.15) is 5.82 Å². The molecule has 0 saturated heterocycles. The lowest BCUT2D eigenvalue weighted by atomic mass is 10.3. The number of hydrogen-bond donors (Lipinski definition) is 2. The molecule has 1 aromatic heterocycles. The molecule has 6 nitrogen and oxygen atoms in total. The second-order valence-corrected chi connectivity index (χ2v) is 4.57. The van der Waals surface area contributed by atoms with Crippen LogP contribution in [0.2, 0.25) is 0 Å². The quantitative estimate of drug-likeness (QED) is 0.899. The molecule has 1 heterocycles. The number of aryl methyl sites for hydroxylation is 1. The first-order valence-electron chi connectivity index (χ1n) is 5.31. The summed E-state index contributed by atoms with van der Waals surface area (Å²) in [5.74, 6) is -0.278. The molecule has 0 bridgehead atoms. The molecule has 0 atom stereocenters. The van der Waals surface area contributed by atoms with Gasteiger partial charge in [-0.05, 0) is 25.1 Å². The zero-order valence-corrected chi connectivity index (χ0v) is 11.5. The maximum atomic E-state index is 13.4. The summed E-state index contributed by atoms with van der Waals surface area (Å²) < 4.78 is 19.1. The fraction of sp³-hybridized carbons (Fsp3) is 0.182. The van der Waals surface area contributed by atoms with Crippen LogP contribution in [0.3, 0.4) is 0 Å². The minimum absolute atomic E-state index is 0.00418. The lowest BCUT2D eigenvalue weighted by molar-refractivity contribution is -0.118. The van der Waals surface area contributed by atoms with Crippen molar-refractivity contribution in [3.8, 4) is 5.75 Å². The zero-order valence-electron chi connectivity index (χ0n) is 9.91. The van der Waals surface area contributed by atoms with Crippen LogP contribution in [0, 0.1) is 12.7 Å². The summed E-state index contributed by atoms with van der Waals surface area (Å²) in [4.78, 5) is 15.4. The Bertz CT molecular complexity index is 602. The van der Waals surface area contributed by atoms with Crippen LogP contribution in [0.25, 0.3) is 0 Å². The van der Waals surface area contributed by atoms with Crippen molar-refractivity contribution in [1.29, 1.82) is 0 Å². The number of rotatable bonds is 4. The molecule has 2 N–H and O–H groups in total. The molecular weight excluding hydrogens is 319 g/mol. The number of benzene rings is 1. The summed E-state index contributed by atoms with van der Waals surface area (Å²) in [6.07, 6.45) is 0. The highest BCUT2D eigenvalue weighted by Crippen LogP contribution is 2.21. The van der Waals surface area contributed by atoms with Crippen LogP contribution in [0.5, 0.6) is 5.75 Å². The molecule has 1 aromatic carbocycles. The lowest BCUT2D eigenvalue weighted by Crippen LogP contribution is -2.21. The number of hydrogen-bond acceptors (Lipinski definition) is 4. The number of aromatic nitrogens is 3. The molecule has 2 aromatic rings. The zero-order chi connectivity index (χ0) is 13.8. The summed E-state index contributed by atoms with van der Waals surface area (Å²) in [5, 5.41) is 8.73. The van der Waals surface area contributed by atoms with Gasteiger partial charge in [-0.3, -0.25) is 15.2 Å². The Balaban J connectivity index is 1.89. The number of amides is 1. The van der Waals surface area contributed by atoms with Gasteiger partial charge in [0, 0.05) is 4.47 Å². The van der Waals surface area contributed by atoms with Gasteiger partial charge in [-0.25, -0.2) is 4.39 Å². The number of halogens is 2. The van der Waals surface area contributed by atoms with E-state index in [1.54, 1.807) is 13.0 Å². The number of ether oxygens (including phenoxy) is 1. The number of anilines is 1. The molecule has 0 spiro atoms. The van der Waals surface area contributed by atoms with Gasteiger partial charge in [-0.15, -0.1) is 5.10 Å². The Morgan fingerprint density at radius 2 is 2.37 bits per heavy atom. The van der Waals surface area contributed by atoms with Crippen molar-refractivity contribution < 1.29 is 13.9 Å². The molecule has 2 rings (SSSR count). The number of carbonyl (C=O) groups is 1. The monoisotopic (exact) mass is 328 g/mol. The van der Waals surface area contributed by atoms with Crippen molar-refractivity contribution >= 4 is 27.8 Å². The van der Waals surface area contributed by atoms with Gasteiger partial charge < -0.3 is 4.74 Å². The minimum Gasteiger partial charge on any atom is -0.481 e. The summed E-state index contributed by atoms with van der Waals surface area (Å²) in [5.41, 5.74) is 0. The van der Waals surface area contributed by atoms with Crippen molar-refractivity contribution in [2.75, 3.05) is 11.9 Å². The average molecular weight is 329 g/mol. The van der Waals surface area contributed by atoms with E-state index >= 15 is 0 Å². The molecule has 0 fully saturated rings. The van der Waals surface area contributed by atoms with E-state index in [4.69, 9.17) is 4.74 Å². The second-order valence-electron chi connectivity index (χ2n) is 3.66. The summed E-state index contributed by atoms with van der Waals surface area (Å²) in [6.45, 7) is 1.38. The highest BCUT2D eigenvalue weighted by Gasteiger charge is 2.09. The molecule has 19 heavy (non-hydrogen) atoms. The Morgan fingerprint density at radius 3 is 3.00 bits per heavy atom.